The number of hydrogen-bond acceptors (Lipinski definition) is 4. The summed E-state index contributed by atoms with van der Waals surface area (Å²) in [7, 11) is -2.00. The summed E-state index contributed by atoms with van der Waals surface area (Å²) >= 11 is 0. The van der Waals surface area contributed by atoms with Gasteiger partial charge < -0.3 is 10.6 Å². The van der Waals surface area contributed by atoms with Gasteiger partial charge >= 0.3 is 0 Å². The second-order valence-corrected chi connectivity index (χ2v) is 6.26. The Morgan fingerprint density at radius 2 is 2.17 bits per heavy atom. The quantitative estimate of drug-likeness (QED) is 0.835. The standard InChI is InChI=1S/C12H19N3O2S/c1-14-18(16,17)12-7-3-2-6-11(12)15-8-4-5-10(15)9-13/h2-3,6-7,10,14H,4-5,8-9,13H2,1H3. The van der Waals surface area contributed by atoms with E-state index in [1.807, 2.05) is 12.1 Å². The molecule has 0 bridgehead atoms. The number of nitrogens with zero attached hydrogens (tertiary/aromatic N) is 1. The van der Waals surface area contributed by atoms with Crippen LogP contribution in [0.15, 0.2) is 29.2 Å². The van der Waals surface area contributed by atoms with Crippen LogP contribution in [0.25, 0.3) is 0 Å². The first-order chi connectivity index (χ1) is 8.60. The monoisotopic (exact) mass is 269 g/mol. The van der Waals surface area contributed by atoms with Crippen molar-refractivity contribution in [3.63, 3.8) is 0 Å². The van der Waals surface area contributed by atoms with Crippen molar-refractivity contribution in [2.24, 2.45) is 5.73 Å². The third-order valence-electron chi connectivity index (χ3n) is 3.38. The molecule has 1 atom stereocenters. The van der Waals surface area contributed by atoms with Gasteiger partial charge in [0.1, 0.15) is 4.90 Å². The number of nitrogens with two attached hydrogens (primary N) is 1. The minimum absolute atomic E-state index is 0.234. The third kappa shape index (κ3) is 2.36. The average Bonchev–Trinajstić information content (AvgIpc) is 2.87. The number of hydrogen-bond donors (Lipinski definition) is 2. The zero-order valence-electron chi connectivity index (χ0n) is 10.5. The summed E-state index contributed by atoms with van der Waals surface area (Å²) in [6.07, 6.45) is 2.07. The van der Waals surface area contributed by atoms with Crippen LogP contribution < -0.4 is 15.4 Å². The molecule has 6 heteroatoms. The van der Waals surface area contributed by atoms with Crippen molar-refractivity contribution in [3.05, 3.63) is 24.3 Å². The highest BCUT2D eigenvalue weighted by molar-refractivity contribution is 7.89. The second-order valence-electron chi connectivity index (χ2n) is 4.40. The Hall–Kier alpha value is -1.11. The Kier molecular flexibility index (Phi) is 3.89. The van der Waals surface area contributed by atoms with Crippen LogP contribution in [0, 0.1) is 0 Å². The molecule has 0 radical (unpaired) electrons. The maximum Gasteiger partial charge on any atom is 0.242 e. The third-order valence-corrected chi connectivity index (χ3v) is 4.84. The zero-order valence-corrected chi connectivity index (χ0v) is 11.3. The molecule has 18 heavy (non-hydrogen) atoms. The maximum atomic E-state index is 12.0. The van der Waals surface area contributed by atoms with Crippen LogP contribution in [-0.4, -0.2) is 34.6 Å². The number of nitrogens with one attached hydrogen (secondary N) is 1. The molecule has 1 saturated heterocycles. The van der Waals surface area contributed by atoms with Crippen molar-refractivity contribution < 1.29 is 8.42 Å². The smallest absolute Gasteiger partial charge is 0.242 e. The Labute approximate surface area is 108 Å². The van der Waals surface area contributed by atoms with Crippen LogP contribution >= 0.6 is 0 Å². The van der Waals surface area contributed by atoms with Crippen LogP contribution in [0.2, 0.25) is 0 Å². The molecule has 1 aliphatic rings. The summed E-state index contributed by atoms with van der Waals surface area (Å²) < 4.78 is 26.4. The fraction of sp³-hybridized carbons (Fsp3) is 0.500. The summed E-state index contributed by atoms with van der Waals surface area (Å²) in [5, 5.41) is 0. The van der Waals surface area contributed by atoms with Crippen molar-refractivity contribution in [1.82, 2.24) is 4.72 Å². The van der Waals surface area contributed by atoms with E-state index < -0.39 is 10.0 Å². The highest BCUT2D eigenvalue weighted by Gasteiger charge is 2.28. The van der Waals surface area contributed by atoms with Gasteiger partial charge in [0, 0.05) is 19.1 Å². The Bertz CT molecular complexity index is 516. The van der Waals surface area contributed by atoms with Gasteiger partial charge in [-0.15, -0.1) is 0 Å². The van der Waals surface area contributed by atoms with E-state index in [0.717, 1.165) is 25.1 Å². The molecule has 0 aliphatic carbocycles. The van der Waals surface area contributed by atoms with E-state index in [-0.39, 0.29) is 6.04 Å². The minimum Gasteiger partial charge on any atom is -0.366 e. The molecule has 0 spiro atoms. The summed E-state index contributed by atoms with van der Waals surface area (Å²) in [4.78, 5) is 2.43. The molecule has 1 unspecified atom stereocenters. The van der Waals surface area contributed by atoms with Crippen LogP contribution in [0.4, 0.5) is 5.69 Å². The average molecular weight is 269 g/mol. The first kappa shape index (κ1) is 13.3. The molecule has 1 fully saturated rings. The van der Waals surface area contributed by atoms with Gasteiger partial charge in [-0.05, 0) is 32.0 Å². The molecule has 2 rings (SSSR count). The van der Waals surface area contributed by atoms with Crippen molar-refractivity contribution in [1.29, 1.82) is 0 Å². The van der Waals surface area contributed by atoms with Crippen molar-refractivity contribution in [2.75, 3.05) is 25.0 Å². The van der Waals surface area contributed by atoms with E-state index >= 15 is 0 Å². The van der Waals surface area contributed by atoms with Crippen molar-refractivity contribution in [2.45, 2.75) is 23.8 Å². The van der Waals surface area contributed by atoms with Crippen LogP contribution in [-0.2, 0) is 10.0 Å². The molecule has 3 N–H and O–H groups in total. The van der Waals surface area contributed by atoms with E-state index in [4.69, 9.17) is 5.73 Å². The Morgan fingerprint density at radius 3 is 2.83 bits per heavy atom. The van der Waals surface area contributed by atoms with E-state index in [9.17, 15) is 8.42 Å². The summed E-state index contributed by atoms with van der Waals surface area (Å²) in [6.45, 7) is 1.41. The molecular weight excluding hydrogens is 250 g/mol. The van der Waals surface area contributed by atoms with Gasteiger partial charge in [-0.3, -0.25) is 0 Å². The molecule has 0 saturated carbocycles. The molecule has 1 aromatic rings. The zero-order chi connectivity index (χ0) is 13.2. The number of anilines is 1. The van der Waals surface area contributed by atoms with E-state index in [1.54, 1.807) is 12.1 Å². The fourth-order valence-electron chi connectivity index (χ4n) is 2.43. The second kappa shape index (κ2) is 5.26. The lowest BCUT2D eigenvalue weighted by atomic mass is 10.2. The summed E-state index contributed by atoms with van der Waals surface area (Å²) in [5.74, 6) is 0. The first-order valence-electron chi connectivity index (χ1n) is 6.09. The molecule has 0 aromatic heterocycles. The number of para-hydroxylation sites is 1. The Morgan fingerprint density at radius 1 is 1.44 bits per heavy atom. The number of benzene rings is 1. The Balaban J connectivity index is 2.45. The lowest BCUT2D eigenvalue weighted by molar-refractivity contribution is 0.587. The maximum absolute atomic E-state index is 12.0. The molecule has 1 aromatic carbocycles. The van der Waals surface area contributed by atoms with Crippen LogP contribution in [0.1, 0.15) is 12.8 Å². The van der Waals surface area contributed by atoms with E-state index in [2.05, 4.69) is 9.62 Å². The van der Waals surface area contributed by atoms with Crippen LogP contribution in [0.3, 0.4) is 0 Å². The molecule has 5 nitrogen and oxygen atoms in total. The van der Waals surface area contributed by atoms with Crippen molar-refractivity contribution in [3.8, 4) is 0 Å². The fourth-order valence-corrected chi connectivity index (χ4v) is 3.37. The molecular formula is C12H19N3O2S. The van der Waals surface area contributed by atoms with Gasteiger partial charge in [0.2, 0.25) is 10.0 Å². The summed E-state index contributed by atoms with van der Waals surface area (Å²) in [6, 6.07) is 7.31. The SMILES string of the molecule is CNS(=O)(=O)c1ccccc1N1CCCC1CN. The number of rotatable bonds is 4. The van der Waals surface area contributed by atoms with E-state index in [0.29, 0.717) is 11.4 Å². The summed E-state index contributed by atoms with van der Waals surface area (Å²) in [5.41, 5.74) is 6.50. The van der Waals surface area contributed by atoms with Gasteiger partial charge in [-0.25, -0.2) is 13.1 Å². The van der Waals surface area contributed by atoms with Gasteiger partial charge in [-0.2, -0.15) is 0 Å². The predicted octanol–water partition coefficient (Wildman–Crippen LogP) is 0.522. The van der Waals surface area contributed by atoms with Crippen LogP contribution in [0.5, 0.6) is 0 Å². The normalized spacial score (nSPS) is 20.3. The highest BCUT2D eigenvalue weighted by Crippen LogP contribution is 2.30. The topological polar surface area (TPSA) is 75.4 Å². The van der Waals surface area contributed by atoms with Crippen molar-refractivity contribution >= 4 is 15.7 Å². The predicted molar refractivity (Wildman–Crippen MR) is 72.1 cm³/mol. The molecule has 0 amide bonds. The van der Waals surface area contributed by atoms with Gasteiger partial charge in [-0.1, -0.05) is 12.1 Å². The molecule has 1 heterocycles. The highest BCUT2D eigenvalue weighted by atomic mass is 32.2. The van der Waals surface area contributed by atoms with Gasteiger partial charge in [0.25, 0.3) is 0 Å². The van der Waals surface area contributed by atoms with Gasteiger partial charge in [0.05, 0.1) is 5.69 Å². The minimum atomic E-state index is -3.43. The lowest BCUT2D eigenvalue weighted by Gasteiger charge is -2.27. The van der Waals surface area contributed by atoms with Gasteiger partial charge in [0.15, 0.2) is 0 Å². The molecule has 100 valence electrons. The first-order valence-corrected chi connectivity index (χ1v) is 7.57. The number of sulfonamides is 1. The molecule has 1 aliphatic heterocycles. The lowest BCUT2D eigenvalue weighted by Crippen LogP contribution is -2.36. The van der Waals surface area contributed by atoms with E-state index in [1.165, 1.54) is 7.05 Å². The largest absolute Gasteiger partial charge is 0.366 e.